The second kappa shape index (κ2) is 10.7. The van der Waals surface area contributed by atoms with Crippen LogP contribution in [0.1, 0.15) is 78.7 Å². The van der Waals surface area contributed by atoms with Gasteiger partial charge in [0.15, 0.2) is 0 Å². The Morgan fingerprint density at radius 1 is 0.826 bits per heavy atom. The van der Waals surface area contributed by atoms with Crippen molar-refractivity contribution in [1.29, 1.82) is 0 Å². The van der Waals surface area contributed by atoms with Crippen LogP contribution in [0.2, 0.25) is 0 Å². The van der Waals surface area contributed by atoms with Crippen LogP contribution in [0.5, 0.6) is 0 Å². The Labute approximate surface area is 144 Å². The Kier molecular flexibility index (Phi) is 9.31. The van der Waals surface area contributed by atoms with Gasteiger partial charge in [0.2, 0.25) is 0 Å². The zero-order valence-electron chi connectivity index (χ0n) is 16.1. The van der Waals surface area contributed by atoms with E-state index in [2.05, 4.69) is 69.1 Å². The first-order valence-corrected chi connectivity index (χ1v) is 9.55. The van der Waals surface area contributed by atoms with Gasteiger partial charge >= 0.3 is 0 Å². The molecule has 0 aliphatic heterocycles. The van der Waals surface area contributed by atoms with Crippen molar-refractivity contribution in [2.45, 2.75) is 85.2 Å². The number of rotatable bonds is 11. The van der Waals surface area contributed by atoms with Crippen LogP contribution in [0.3, 0.4) is 0 Å². The average molecular weight is 319 g/mol. The third-order valence-corrected chi connectivity index (χ3v) is 4.19. The molecular formula is C21H38N2. The van der Waals surface area contributed by atoms with Gasteiger partial charge in [0.05, 0.1) is 0 Å². The van der Waals surface area contributed by atoms with Crippen LogP contribution in [-0.4, -0.2) is 18.6 Å². The Balaban J connectivity index is 2.61. The number of nitrogens with zero attached hydrogens (tertiary/aromatic N) is 1. The third-order valence-electron chi connectivity index (χ3n) is 4.19. The number of hydrogen-bond acceptors (Lipinski definition) is 2. The molecule has 1 N–H and O–H groups in total. The minimum atomic E-state index is 0.172. The van der Waals surface area contributed by atoms with Crippen molar-refractivity contribution in [3.8, 4) is 0 Å². The van der Waals surface area contributed by atoms with E-state index in [0.29, 0.717) is 0 Å². The lowest BCUT2D eigenvalue weighted by Crippen LogP contribution is -2.35. The zero-order chi connectivity index (χ0) is 17.1. The second-order valence-electron chi connectivity index (χ2n) is 7.67. The molecule has 23 heavy (non-hydrogen) atoms. The largest absolute Gasteiger partial charge is 0.372 e. The first-order valence-electron chi connectivity index (χ1n) is 9.55. The highest BCUT2D eigenvalue weighted by atomic mass is 15.1. The summed E-state index contributed by atoms with van der Waals surface area (Å²) in [5, 5.41) is 3.56. The molecule has 1 aromatic carbocycles. The number of benzene rings is 1. The molecule has 0 spiro atoms. The van der Waals surface area contributed by atoms with Crippen LogP contribution < -0.4 is 10.2 Å². The molecule has 0 saturated heterocycles. The van der Waals surface area contributed by atoms with Gasteiger partial charge in [-0.05, 0) is 51.3 Å². The van der Waals surface area contributed by atoms with Crippen LogP contribution in [0.4, 0.5) is 5.69 Å². The van der Waals surface area contributed by atoms with E-state index in [1.165, 1.54) is 62.9 Å². The zero-order valence-corrected chi connectivity index (χ0v) is 16.1. The van der Waals surface area contributed by atoms with E-state index in [4.69, 9.17) is 0 Å². The van der Waals surface area contributed by atoms with Gasteiger partial charge in [-0.25, -0.2) is 0 Å². The van der Waals surface area contributed by atoms with E-state index in [1.807, 2.05) is 0 Å². The Morgan fingerprint density at radius 2 is 1.35 bits per heavy atom. The first kappa shape index (κ1) is 20.0. The summed E-state index contributed by atoms with van der Waals surface area (Å²) in [6, 6.07) is 9.16. The van der Waals surface area contributed by atoms with E-state index in [-0.39, 0.29) is 5.54 Å². The third kappa shape index (κ3) is 9.00. The quantitative estimate of drug-likeness (QED) is 0.522. The molecule has 1 aromatic rings. The molecule has 0 aliphatic carbocycles. The molecule has 1 rings (SSSR count). The second-order valence-corrected chi connectivity index (χ2v) is 7.67. The van der Waals surface area contributed by atoms with Gasteiger partial charge in [0, 0.05) is 30.9 Å². The smallest absolute Gasteiger partial charge is 0.0366 e. The van der Waals surface area contributed by atoms with Crippen LogP contribution in [0, 0.1) is 0 Å². The maximum Gasteiger partial charge on any atom is 0.0366 e. The predicted octanol–water partition coefficient (Wildman–Crippen LogP) is 5.76. The number of nitrogens with one attached hydrogen (secondary N) is 1. The van der Waals surface area contributed by atoms with Crippen molar-refractivity contribution in [3.05, 3.63) is 29.8 Å². The SMILES string of the molecule is CCCCCN(CCCCC)c1ccc(CNC(C)(C)C)cc1. The lowest BCUT2D eigenvalue weighted by molar-refractivity contribution is 0.424. The summed E-state index contributed by atoms with van der Waals surface area (Å²) in [5.74, 6) is 0. The molecule has 0 amide bonds. The van der Waals surface area contributed by atoms with E-state index in [0.717, 1.165) is 6.54 Å². The molecule has 0 heterocycles. The van der Waals surface area contributed by atoms with Crippen LogP contribution in [0.15, 0.2) is 24.3 Å². The van der Waals surface area contributed by atoms with Crippen molar-refractivity contribution in [2.75, 3.05) is 18.0 Å². The molecule has 0 unspecified atom stereocenters. The van der Waals surface area contributed by atoms with Gasteiger partial charge in [0.1, 0.15) is 0 Å². The van der Waals surface area contributed by atoms with Gasteiger partial charge in [-0.2, -0.15) is 0 Å². The molecule has 0 atom stereocenters. The van der Waals surface area contributed by atoms with Crippen LogP contribution >= 0.6 is 0 Å². The van der Waals surface area contributed by atoms with Gasteiger partial charge in [0.25, 0.3) is 0 Å². The summed E-state index contributed by atoms with van der Waals surface area (Å²) < 4.78 is 0. The summed E-state index contributed by atoms with van der Waals surface area (Å²) in [7, 11) is 0. The standard InChI is InChI=1S/C21H38N2/c1-6-8-10-16-23(17-11-9-7-2)20-14-12-19(13-15-20)18-22-21(3,4)5/h12-15,22H,6-11,16-18H2,1-5H3. The summed E-state index contributed by atoms with van der Waals surface area (Å²) in [6.07, 6.45) is 7.85. The average Bonchev–Trinajstić information content (AvgIpc) is 2.52. The Morgan fingerprint density at radius 3 is 1.78 bits per heavy atom. The summed E-state index contributed by atoms with van der Waals surface area (Å²) >= 11 is 0. The molecule has 2 heteroatoms. The van der Waals surface area contributed by atoms with Crippen molar-refractivity contribution in [3.63, 3.8) is 0 Å². The normalized spacial score (nSPS) is 11.7. The summed E-state index contributed by atoms with van der Waals surface area (Å²) in [4.78, 5) is 2.58. The molecular weight excluding hydrogens is 280 g/mol. The number of anilines is 1. The first-order chi connectivity index (χ1) is 11.0. The lowest BCUT2D eigenvalue weighted by atomic mass is 10.1. The lowest BCUT2D eigenvalue weighted by Gasteiger charge is -2.25. The van der Waals surface area contributed by atoms with Crippen LogP contribution in [0.25, 0.3) is 0 Å². The van der Waals surface area contributed by atoms with Gasteiger partial charge in [-0.15, -0.1) is 0 Å². The molecule has 132 valence electrons. The highest BCUT2D eigenvalue weighted by Gasteiger charge is 2.09. The van der Waals surface area contributed by atoms with Gasteiger partial charge < -0.3 is 10.2 Å². The topological polar surface area (TPSA) is 15.3 Å². The van der Waals surface area contributed by atoms with E-state index < -0.39 is 0 Å². The Bertz CT molecular complexity index is 393. The fourth-order valence-corrected chi connectivity index (χ4v) is 2.67. The van der Waals surface area contributed by atoms with E-state index >= 15 is 0 Å². The predicted molar refractivity (Wildman–Crippen MR) is 104 cm³/mol. The highest BCUT2D eigenvalue weighted by molar-refractivity contribution is 5.47. The Hall–Kier alpha value is -1.02. The molecule has 2 nitrogen and oxygen atoms in total. The molecule has 0 saturated carbocycles. The molecule has 0 fully saturated rings. The van der Waals surface area contributed by atoms with Gasteiger partial charge in [-0.1, -0.05) is 51.7 Å². The maximum atomic E-state index is 3.56. The van der Waals surface area contributed by atoms with Crippen molar-refractivity contribution in [2.24, 2.45) is 0 Å². The van der Waals surface area contributed by atoms with Crippen LogP contribution in [-0.2, 0) is 6.54 Å². The summed E-state index contributed by atoms with van der Waals surface area (Å²) in [6.45, 7) is 14.5. The minimum absolute atomic E-state index is 0.172. The molecule has 0 bridgehead atoms. The minimum Gasteiger partial charge on any atom is -0.372 e. The van der Waals surface area contributed by atoms with Gasteiger partial charge in [-0.3, -0.25) is 0 Å². The molecule has 0 aromatic heterocycles. The van der Waals surface area contributed by atoms with Crippen molar-refractivity contribution in [1.82, 2.24) is 5.32 Å². The number of hydrogen-bond donors (Lipinski definition) is 1. The van der Waals surface area contributed by atoms with E-state index in [9.17, 15) is 0 Å². The van der Waals surface area contributed by atoms with Crippen molar-refractivity contribution < 1.29 is 0 Å². The van der Waals surface area contributed by atoms with Crippen molar-refractivity contribution >= 4 is 5.69 Å². The fourth-order valence-electron chi connectivity index (χ4n) is 2.67. The monoisotopic (exact) mass is 318 g/mol. The summed E-state index contributed by atoms with van der Waals surface area (Å²) in [5.41, 5.74) is 2.92. The molecule has 0 aliphatic rings. The highest BCUT2D eigenvalue weighted by Crippen LogP contribution is 2.18. The maximum absolute atomic E-state index is 3.56. The number of unbranched alkanes of at least 4 members (excludes halogenated alkanes) is 4. The molecule has 0 radical (unpaired) electrons. The van der Waals surface area contributed by atoms with E-state index in [1.54, 1.807) is 0 Å². The fraction of sp³-hybridized carbons (Fsp3) is 0.714.